The van der Waals surface area contributed by atoms with Gasteiger partial charge in [-0.3, -0.25) is 4.79 Å². The summed E-state index contributed by atoms with van der Waals surface area (Å²) in [6.07, 6.45) is -4.34. The highest BCUT2D eigenvalue weighted by Crippen LogP contribution is 2.21. The Bertz CT molecular complexity index is 279. The van der Waals surface area contributed by atoms with Crippen molar-refractivity contribution in [3.05, 3.63) is 0 Å². The third-order valence-electron chi connectivity index (χ3n) is 3.03. The number of rotatable bonds is 6. The highest BCUT2D eigenvalue weighted by atomic mass is 19.4. The number of nitrogens with zero attached hydrogens (tertiary/aromatic N) is 1. The lowest BCUT2D eigenvalue weighted by Gasteiger charge is -2.29. The van der Waals surface area contributed by atoms with Crippen LogP contribution >= 0.6 is 0 Å². The number of carbonyl (C=O) groups is 1. The first-order chi connectivity index (χ1) is 8.90. The van der Waals surface area contributed by atoms with Crippen molar-refractivity contribution < 1.29 is 22.7 Å². The molecule has 1 atom stereocenters. The second-order valence-corrected chi connectivity index (χ2v) is 4.69. The van der Waals surface area contributed by atoms with Gasteiger partial charge < -0.3 is 15.0 Å². The zero-order chi connectivity index (χ0) is 14.3. The second-order valence-electron chi connectivity index (χ2n) is 4.69. The van der Waals surface area contributed by atoms with Gasteiger partial charge in [0.1, 0.15) is 0 Å². The smallest absolute Gasteiger partial charge is 0.378 e. The number of carbonyl (C=O) groups excluding carboxylic acids is 1. The molecule has 0 spiro atoms. The van der Waals surface area contributed by atoms with E-state index in [9.17, 15) is 18.0 Å². The molecule has 0 bridgehead atoms. The maximum absolute atomic E-state index is 11.9. The molecule has 1 aliphatic heterocycles. The number of alkyl halides is 3. The molecule has 0 aromatic carbocycles. The molecular weight excluding hydrogens is 261 g/mol. The molecule has 1 amide bonds. The van der Waals surface area contributed by atoms with Gasteiger partial charge in [-0.25, -0.2) is 0 Å². The van der Waals surface area contributed by atoms with Gasteiger partial charge in [0.2, 0.25) is 5.91 Å². The van der Waals surface area contributed by atoms with Gasteiger partial charge in [0, 0.05) is 19.5 Å². The van der Waals surface area contributed by atoms with E-state index in [1.54, 1.807) is 11.8 Å². The van der Waals surface area contributed by atoms with Crippen LogP contribution in [0.15, 0.2) is 0 Å². The van der Waals surface area contributed by atoms with E-state index in [1.165, 1.54) is 0 Å². The van der Waals surface area contributed by atoms with Gasteiger partial charge in [-0.15, -0.1) is 0 Å². The Morgan fingerprint density at radius 3 is 2.53 bits per heavy atom. The topological polar surface area (TPSA) is 41.6 Å². The molecule has 0 aromatic heterocycles. The molecule has 0 saturated carbocycles. The summed E-state index contributed by atoms with van der Waals surface area (Å²) in [5.41, 5.74) is 0. The summed E-state index contributed by atoms with van der Waals surface area (Å²) < 4.78 is 40.9. The van der Waals surface area contributed by atoms with Crippen molar-refractivity contribution in [1.29, 1.82) is 0 Å². The number of nitrogens with one attached hydrogen (secondary N) is 1. The van der Waals surface area contributed by atoms with Crippen LogP contribution in [0.3, 0.4) is 0 Å². The van der Waals surface area contributed by atoms with E-state index in [0.717, 1.165) is 0 Å². The number of ether oxygens (including phenoxy) is 1. The second kappa shape index (κ2) is 7.69. The van der Waals surface area contributed by atoms with E-state index in [2.05, 4.69) is 5.32 Å². The van der Waals surface area contributed by atoms with Crippen molar-refractivity contribution in [1.82, 2.24) is 10.2 Å². The third-order valence-corrected chi connectivity index (χ3v) is 3.03. The van der Waals surface area contributed by atoms with E-state index in [-0.39, 0.29) is 18.4 Å². The average molecular weight is 282 g/mol. The van der Waals surface area contributed by atoms with Gasteiger partial charge in [0.15, 0.2) is 0 Å². The molecule has 7 heteroatoms. The highest BCUT2D eigenvalue weighted by Gasteiger charge is 2.26. The molecule has 1 heterocycles. The minimum atomic E-state index is -4.09. The molecule has 1 saturated heterocycles. The number of morpholine rings is 1. The summed E-state index contributed by atoms with van der Waals surface area (Å²) in [6.45, 7) is 4.42. The Hall–Kier alpha value is -0.820. The fraction of sp³-hybridized carbons (Fsp3) is 0.917. The molecule has 112 valence electrons. The van der Waals surface area contributed by atoms with Gasteiger partial charge in [0.05, 0.1) is 19.3 Å². The molecule has 1 fully saturated rings. The van der Waals surface area contributed by atoms with Crippen molar-refractivity contribution in [2.45, 2.75) is 38.4 Å². The lowest BCUT2D eigenvalue weighted by Crippen LogP contribution is -2.49. The first-order valence-corrected chi connectivity index (χ1v) is 6.57. The van der Waals surface area contributed by atoms with Crippen LogP contribution in [-0.4, -0.2) is 55.9 Å². The van der Waals surface area contributed by atoms with Crippen molar-refractivity contribution in [3.8, 4) is 0 Å². The highest BCUT2D eigenvalue weighted by molar-refractivity contribution is 5.81. The summed E-state index contributed by atoms with van der Waals surface area (Å²) in [7, 11) is 0. The number of hydrogen-bond donors (Lipinski definition) is 1. The molecule has 1 N–H and O–H groups in total. The lowest BCUT2D eigenvalue weighted by atomic mass is 10.2. The van der Waals surface area contributed by atoms with Gasteiger partial charge >= 0.3 is 6.18 Å². The van der Waals surface area contributed by atoms with Gasteiger partial charge in [-0.05, 0) is 26.3 Å². The maximum Gasteiger partial charge on any atom is 0.389 e. The minimum absolute atomic E-state index is 0.0147. The first kappa shape index (κ1) is 16.2. The summed E-state index contributed by atoms with van der Waals surface area (Å²) in [6, 6.07) is -0.357. The van der Waals surface area contributed by atoms with Crippen LogP contribution in [0.2, 0.25) is 0 Å². The van der Waals surface area contributed by atoms with E-state index in [0.29, 0.717) is 39.3 Å². The number of hydrogen-bond acceptors (Lipinski definition) is 3. The molecule has 0 radical (unpaired) electrons. The quantitative estimate of drug-likeness (QED) is 0.752. The van der Waals surface area contributed by atoms with Crippen LogP contribution in [0.1, 0.15) is 26.2 Å². The Morgan fingerprint density at radius 2 is 1.95 bits per heavy atom. The third kappa shape index (κ3) is 6.77. The minimum Gasteiger partial charge on any atom is -0.378 e. The predicted molar refractivity (Wildman–Crippen MR) is 64.8 cm³/mol. The lowest BCUT2D eigenvalue weighted by molar-refractivity contribution is -0.138. The molecule has 4 nitrogen and oxygen atoms in total. The van der Waals surface area contributed by atoms with Crippen LogP contribution in [-0.2, 0) is 9.53 Å². The van der Waals surface area contributed by atoms with Crippen LogP contribution in [0, 0.1) is 0 Å². The Morgan fingerprint density at radius 1 is 1.32 bits per heavy atom. The van der Waals surface area contributed by atoms with Crippen LogP contribution in [0.5, 0.6) is 0 Å². The Labute approximate surface area is 111 Å². The molecule has 19 heavy (non-hydrogen) atoms. The van der Waals surface area contributed by atoms with Gasteiger partial charge in [-0.2, -0.15) is 13.2 Å². The largest absolute Gasteiger partial charge is 0.389 e. The number of amides is 1. The summed E-state index contributed by atoms with van der Waals surface area (Å²) in [5, 5.41) is 2.97. The maximum atomic E-state index is 11.9. The monoisotopic (exact) mass is 282 g/mol. The predicted octanol–water partition coefficient (Wildman–Crippen LogP) is 1.56. The molecule has 1 aliphatic rings. The SMILES string of the molecule is CC(NCCCCC(F)(F)F)C(=O)N1CCOCC1. The first-order valence-electron chi connectivity index (χ1n) is 6.57. The average Bonchev–Trinajstić information content (AvgIpc) is 2.37. The zero-order valence-electron chi connectivity index (χ0n) is 11.1. The fourth-order valence-corrected chi connectivity index (χ4v) is 1.91. The van der Waals surface area contributed by atoms with Crippen molar-refractivity contribution >= 4 is 5.91 Å². The Balaban J connectivity index is 2.12. The van der Waals surface area contributed by atoms with E-state index < -0.39 is 12.6 Å². The normalized spacial score (nSPS) is 18.4. The number of halogens is 3. The molecule has 1 unspecified atom stereocenters. The molecule has 1 rings (SSSR count). The van der Waals surface area contributed by atoms with E-state index in [4.69, 9.17) is 4.74 Å². The molecule has 0 aliphatic carbocycles. The summed E-state index contributed by atoms with van der Waals surface area (Å²) in [5.74, 6) is -0.0147. The Kier molecular flexibility index (Phi) is 6.57. The summed E-state index contributed by atoms with van der Waals surface area (Å²) in [4.78, 5) is 13.7. The van der Waals surface area contributed by atoms with Gasteiger partial charge in [-0.1, -0.05) is 0 Å². The van der Waals surface area contributed by atoms with Crippen molar-refractivity contribution in [3.63, 3.8) is 0 Å². The van der Waals surface area contributed by atoms with E-state index >= 15 is 0 Å². The summed E-state index contributed by atoms with van der Waals surface area (Å²) >= 11 is 0. The van der Waals surface area contributed by atoms with Crippen molar-refractivity contribution in [2.24, 2.45) is 0 Å². The van der Waals surface area contributed by atoms with Crippen LogP contribution in [0.25, 0.3) is 0 Å². The van der Waals surface area contributed by atoms with Gasteiger partial charge in [0.25, 0.3) is 0 Å². The standard InChI is InChI=1S/C12H21F3N2O2/c1-10(11(18)17-6-8-19-9-7-17)16-5-3-2-4-12(13,14)15/h10,16H,2-9H2,1H3. The van der Waals surface area contributed by atoms with E-state index in [1.807, 2.05) is 0 Å². The molecule has 0 aromatic rings. The van der Waals surface area contributed by atoms with Crippen LogP contribution < -0.4 is 5.32 Å². The zero-order valence-corrected chi connectivity index (χ0v) is 11.1. The van der Waals surface area contributed by atoms with Crippen molar-refractivity contribution in [2.75, 3.05) is 32.8 Å². The van der Waals surface area contributed by atoms with Crippen LogP contribution in [0.4, 0.5) is 13.2 Å². The number of unbranched alkanes of at least 4 members (excludes halogenated alkanes) is 1. The fourth-order valence-electron chi connectivity index (χ4n) is 1.91. The molecular formula is C12H21F3N2O2.